The molecule has 0 fully saturated rings. The number of carbonyl (C=O) groups is 1. The molecule has 9 heteroatoms. The number of nitrogens with zero attached hydrogens (tertiary/aromatic N) is 2. The van der Waals surface area contributed by atoms with Crippen LogP contribution in [0, 0.1) is 0 Å². The number of carboxylic acids is 1. The van der Waals surface area contributed by atoms with E-state index in [9.17, 15) is 22.8 Å². The molecule has 0 saturated heterocycles. The zero-order valence-corrected chi connectivity index (χ0v) is 11.2. The molecule has 1 N–H and O–H groups in total. The first-order valence-electron chi connectivity index (χ1n) is 5.68. The van der Waals surface area contributed by atoms with Gasteiger partial charge in [-0.1, -0.05) is 0 Å². The number of carboxylic acid groups (broad SMARTS) is 1. The maximum Gasteiger partial charge on any atom is 0.417 e. The Hall–Kier alpha value is -2.16. The summed E-state index contributed by atoms with van der Waals surface area (Å²) in [6.45, 7) is -0.132. The summed E-state index contributed by atoms with van der Waals surface area (Å²) >= 11 is 1.09. The molecule has 0 radical (unpaired) electrons. The number of alkyl halides is 3. The van der Waals surface area contributed by atoms with Crippen molar-refractivity contribution >= 4 is 17.3 Å². The van der Waals surface area contributed by atoms with Gasteiger partial charge in [0.25, 0.3) is 5.56 Å². The Bertz CT molecular complexity index is 721. The van der Waals surface area contributed by atoms with Gasteiger partial charge in [0.05, 0.1) is 24.2 Å². The molecule has 0 amide bonds. The summed E-state index contributed by atoms with van der Waals surface area (Å²) in [5.74, 6) is -1.05. The third-order valence-corrected chi connectivity index (χ3v) is 3.43. The van der Waals surface area contributed by atoms with Gasteiger partial charge in [-0.3, -0.25) is 9.59 Å². The molecule has 0 aliphatic heterocycles. The van der Waals surface area contributed by atoms with Crippen molar-refractivity contribution in [3.63, 3.8) is 0 Å². The lowest BCUT2D eigenvalue weighted by molar-refractivity contribution is -0.138. The predicted octanol–water partition coefficient (Wildman–Crippen LogP) is 2.00. The summed E-state index contributed by atoms with van der Waals surface area (Å²) in [4.78, 5) is 26.1. The Labute approximate surface area is 120 Å². The Morgan fingerprint density at radius 1 is 1.38 bits per heavy atom. The van der Waals surface area contributed by atoms with Crippen LogP contribution in [0.4, 0.5) is 13.2 Å². The topological polar surface area (TPSA) is 72.2 Å². The Balaban J connectivity index is 2.25. The van der Waals surface area contributed by atoms with Crippen molar-refractivity contribution in [2.24, 2.45) is 0 Å². The van der Waals surface area contributed by atoms with E-state index in [1.165, 1.54) is 5.38 Å². The van der Waals surface area contributed by atoms with Crippen LogP contribution < -0.4 is 5.56 Å². The van der Waals surface area contributed by atoms with Crippen molar-refractivity contribution in [1.82, 2.24) is 9.55 Å². The van der Waals surface area contributed by atoms with Crippen molar-refractivity contribution in [3.05, 3.63) is 50.3 Å². The van der Waals surface area contributed by atoms with E-state index in [1.807, 2.05) is 0 Å². The molecule has 0 atom stereocenters. The highest BCUT2D eigenvalue weighted by Gasteiger charge is 2.31. The fourth-order valence-electron chi connectivity index (χ4n) is 1.63. The standard InChI is InChI=1S/C12H9F3N2O3S/c13-12(14,15)7-1-2-10(18)17(4-7)5-9-16-8(6-21-9)3-11(19)20/h1-2,4,6H,3,5H2,(H,19,20). The molecule has 0 spiro atoms. The second kappa shape index (κ2) is 5.68. The Morgan fingerprint density at radius 3 is 2.71 bits per heavy atom. The van der Waals surface area contributed by atoms with Crippen LogP contribution in [0.15, 0.2) is 28.5 Å². The number of thiazole rings is 1. The minimum Gasteiger partial charge on any atom is -0.481 e. The first kappa shape index (κ1) is 15.2. The SMILES string of the molecule is O=C(O)Cc1csc(Cn2cc(C(F)(F)F)ccc2=O)n1. The van der Waals surface area contributed by atoms with Crippen molar-refractivity contribution < 1.29 is 23.1 Å². The fraction of sp³-hybridized carbons (Fsp3) is 0.250. The van der Waals surface area contributed by atoms with Gasteiger partial charge in [0, 0.05) is 17.6 Å². The summed E-state index contributed by atoms with van der Waals surface area (Å²) in [6, 6.07) is 1.56. The van der Waals surface area contributed by atoms with Crippen LogP contribution in [-0.4, -0.2) is 20.6 Å². The highest BCUT2D eigenvalue weighted by atomic mass is 32.1. The molecular weight excluding hydrogens is 309 g/mol. The summed E-state index contributed by atoms with van der Waals surface area (Å²) < 4.78 is 38.7. The third kappa shape index (κ3) is 3.91. The van der Waals surface area contributed by atoms with Gasteiger partial charge in [-0.05, 0) is 6.07 Å². The predicted molar refractivity (Wildman–Crippen MR) is 68.3 cm³/mol. The number of aromatic nitrogens is 2. The van der Waals surface area contributed by atoms with Gasteiger partial charge in [0.2, 0.25) is 0 Å². The molecule has 0 aliphatic rings. The zero-order valence-electron chi connectivity index (χ0n) is 10.4. The molecule has 21 heavy (non-hydrogen) atoms. The van der Waals surface area contributed by atoms with E-state index in [4.69, 9.17) is 5.11 Å². The van der Waals surface area contributed by atoms with Crippen LogP contribution in [0.1, 0.15) is 16.3 Å². The molecule has 0 unspecified atom stereocenters. The Kier molecular flexibility index (Phi) is 4.12. The largest absolute Gasteiger partial charge is 0.481 e. The zero-order chi connectivity index (χ0) is 15.6. The number of pyridine rings is 1. The summed E-state index contributed by atoms with van der Waals surface area (Å²) in [5, 5.41) is 10.5. The van der Waals surface area contributed by atoms with E-state index in [-0.39, 0.29) is 13.0 Å². The quantitative estimate of drug-likeness (QED) is 0.936. The van der Waals surface area contributed by atoms with Gasteiger partial charge in [-0.2, -0.15) is 13.2 Å². The molecule has 2 rings (SSSR count). The molecule has 0 aromatic carbocycles. The van der Waals surface area contributed by atoms with Gasteiger partial charge in [0.15, 0.2) is 0 Å². The first-order chi connectivity index (χ1) is 9.75. The van der Waals surface area contributed by atoms with E-state index in [0.29, 0.717) is 10.7 Å². The maximum absolute atomic E-state index is 12.6. The fourth-order valence-corrected chi connectivity index (χ4v) is 2.42. The van der Waals surface area contributed by atoms with Crippen LogP contribution in [0.2, 0.25) is 0 Å². The number of hydrogen-bond donors (Lipinski definition) is 1. The minimum absolute atomic E-state index is 0.132. The summed E-state index contributed by atoms with van der Waals surface area (Å²) in [7, 11) is 0. The van der Waals surface area contributed by atoms with Gasteiger partial charge in [-0.25, -0.2) is 4.98 Å². The number of aliphatic carboxylic acids is 1. The molecule has 0 saturated carbocycles. The van der Waals surface area contributed by atoms with Crippen molar-refractivity contribution in [3.8, 4) is 0 Å². The van der Waals surface area contributed by atoms with Crippen LogP contribution in [0.5, 0.6) is 0 Å². The Morgan fingerprint density at radius 2 is 2.10 bits per heavy atom. The molecule has 5 nitrogen and oxygen atoms in total. The smallest absolute Gasteiger partial charge is 0.417 e. The van der Waals surface area contributed by atoms with E-state index in [2.05, 4.69) is 4.98 Å². The molecule has 0 bridgehead atoms. The third-order valence-electron chi connectivity index (χ3n) is 2.55. The van der Waals surface area contributed by atoms with Crippen molar-refractivity contribution in [2.75, 3.05) is 0 Å². The molecule has 112 valence electrons. The van der Waals surface area contributed by atoms with Gasteiger partial charge in [-0.15, -0.1) is 11.3 Å². The minimum atomic E-state index is -4.53. The molecule has 2 heterocycles. The molecule has 2 aromatic heterocycles. The van der Waals surface area contributed by atoms with E-state index < -0.39 is 23.3 Å². The average Bonchev–Trinajstić information content (AvgIpc) is 2.77. The molecule has 0 aliphatic carbocycles. The molecule has 2 aromatic rings. The van der Waals surface area contributed by atoms with Crippen LogP contribution in [-0.2, 0) is 23.9 Å². The van der Waals surface area contributed by atoms with Gasteiger partial charge >= 0.3 is 12.1 Å². The summed E-state index contributed by atoms with van der Waals surface area (Å²) in [6.07, 6.45) is -4.08. The number of halogens is 3. The lowest BCUT2D eigenvalue weighted by Crippen LogP contribution is -2.21. The monoisotopic (exact) mass is 318 g/mol. The van der Waals surface area contributed by atoms with E-state index in [1.54, 1.807) is 0 Å². The average molecular weight is 318 g/mol. The van der Waals surface area contributed by atoms with Gasteiger partial charge < -0.3 is 9.67 Å². The molecular formula is C12H9F3N2O3S. The maximum atomic E-state index is 12.6. The van der Waals surface area contributed by atoms with Gasteiger partial charge in [0.1, 0.15) is 5.01 Å². The normalized spacial score (nSPS) is 11.6. The van der Waals surface area contributed by atoms with Crippen LogP contribution in [0.25, 0.3) is 0 Å². The van der Waals surface area contributed by atoms with Crippen molar-refractivity contribution in [1.29, 1.82) is 0 Å². The second-order valence-corrected chi connectivity index (χ2v) is 5.13. The highest BCUT2D eigenvalue weighted by molar-refractivity contribution is 7.09. The van der Waals surface area contributed by atoms with E-state index >= 15 is 0 Å². The lowest BCUT2D eigenvalue weighted by atomic mass is 10.3. The second-order valence-electron chi connectivity index (χ2n) is 4.18. The number of rotatable bonds is 4. The van der Waals surface area contributed by atoms with Crippen LogP contribution in [0.3, 0.4) is 0 Å². The van der Waals surface area contributed by atoms with Crippen LogP contribution >= 0.6 is 11.3 Å². The summed E-state index contributed by atoms with van der Waals surface area (Å²) in [5.41, 5.74) is -1.20. The van der Waals surface area contributed by atoms with Crippen molar-refractivity contribution in [2.45, 2.75) is 19.1 Å². The lowest BCUT2D eigenvalue weighted by Gasteiger charge is -2.09. The number of hydrogen-bond acceptors (Lipinski definition) is 4. The van der Waals surface area contributed by atoms with E-state index in [0.717, 1.165) is 34.2 Å². The first-order valence-corrected chi connectivity index (χ1v) is 6.56. The highest BCUT2D eigenvalue weighted by Crippen LogP contribution is 2.28.